The molecular weight excluding hydrogens is 434 g/mol. The molecule has 0 radical (unpaired) electrons. The topological polar surface area (TPSA) is 95.7 Å². The number of nitrogens with zero attached hydrogens (tertiary/aromatic N) is 3. The van der Waals surface area contributed by atoms with Crippen LogP contribution in [0.2, 0.25) is 0 Å². The summed E-state index contributed by atoms with van der Waals surface area (Å²) in [7, 11) is 0. The molecule has 3 aromatic rings. The molecule has 8 heteroatoms. The Morgan fingerprint density at radius 2 is 1.59 bits per heavy atom. The Kier molecular flexibility index (Phi) is 9.31. The lowest BCUT2D eigenvalue weighted by Crippen LogP contribution is -2.12. The highest BCUT2D eigenvalue weighted by atomic mass is 16.6. The molecule has 182 valence electrons. The largest absolute Gasteiger partial charge is 0.505 e. The molecule has 0 saturated carbocycles. The van der Waals surface area contributed by atoms with Gasteiger partial charge >= 0.3 is 5.97 Å². The predicted molar refractivity (Wildman–Crippen MR) is 131 cm³/mol. The lowest BCUT2D eigenvalue weighted by Gasteiger charge is -2.08. The fourth-order valence-electron chi connectivity index (χ4n) is 3.34. The first kappa shape index (κ1) is 25.1. The number of aromatic hydroxyl groups is 1. The molecule has 0 aliphatic rings. The van der Waals surface area contributed by atoms with Crippen LogP contribution in [0.3, 0.4) is 0 Å². The maximum absolute atomic E-state index is 11.4. The summed E-state index contributed by atoms with van der Waals surface area (Å²) < 4.78 is 16.4. The number of esters is 1. The SMILES string of the molecule is C=C(C)C(=O)OCCOc1ccc2nn(-c3ccc(OCCCCCCCC)cc3O)nc2c1. The Morgan fingerprint density at radius 3 is 2.35 bits per heavy atom. The lowest BCUT2D eigenvalue weighted by atomic mass is 10.1. The van der Waals surface area contributed by atoms with E-state index in [1.54, 1.807) is 43.3 Å². The van der Waals surface area contributed by atoms with Crippen molar-refractivity contribution in [1.29, 1.82) is 0 Å². The molecule has 1 heterocycles. The smallest absolute Gasteiger partial charge is 0.333 e. The molecule has 0 bridgehead atoms. The number of ether oxygens (including phenoxy) is 3. The Morgan fingerprint density at radius 1 is 0.912 bits per heavy atom. The summed E-state index contributed by atoms with van der Waals surface area (Å²) in [5, 5.41) is 19.4. The highest BCUT2D eigenvalue weighted by molar-refractivity contribution is 5.86. The second-order valence-electron chi connectivity index (χ2n) is 8.17. The molecular formula is C26H33N3O5. The zero-order valence-electron chi connectivity index (χ0n) is 20.0. The molecule has 0 unspecified atom stereocenters. The molecule has 0 amide bonds. The van der Waals surface area contributed by atoms with Crippen molar-refractivity contribution in [1.82, 2.24) is 15.0 Å². The summed E-state index contributed by atoms with van der Waals surface area (Å²) in [4.78, 5) is 12.8. The molecule has 2 aromatic carbocycles. The van der Waals surface area contributed by atoms with Crippen LogP contribution in [0.4, 0.5) is 0 Å². The van der Waals surface area contributed by atoms with Gasteiger partial charge in [-0.15, -0.1) is 15.0 Å². The molecule has 0 saturated heterocycles. The number of aromatic nitrogens is 3. The van der Waals surface area contributed by atoms with E-state index < -0.39 is 5.97 Å². The van der Waals surface area contributed by atoms with Gasteiger partial charge in [0, 0.05) is 17.7 Å². The maximum atomic E-state index is 11.4. The van der Waals surface area contributed by atoms with E-state index in [1.807, 2.05) is 0 Å². The first-order valence-electron chi connectivity index (χ1n) is 11.8. The summed E-state index contributed by atoms with van der Waals surface area (Å²) in [6, 6.07) is 10.4. The minimum atomic E-state index is -0.444. The molecule has 0 aliphatic heterocycles. The van der Waals surface area contributed by atoms with Crippen molar-refractivity contribution in [3.63, 3.8) is 0 Å². The van der Waals surface area contributed by atoms with Crippen LogP contribution in [-0.4, -0.2) is 45.9 Å². The second kappa shape index (κ2) is 12.6. The first-order chi connectivity index (χ1) is 16.5. The minimum Gasteiger partial charge on any atom is -0.505 e. The molecule has 8 nitrogen and oxygen atoms in total. The number of hydrogen-bond acceptors (Lipinski definition) is 7. The molecule has 0 spiro atoms. The van der Waals surface area contributed by atoms with Gasteiger partial charge in [-0.3, -0.25) is 0 Å². The van der Waals surface area contributed by atoms with Gasteiger partial charge < -0.3 is 19.3 Å². The second-order valence-corrected chi connectivity index (χ2v) is 8.17. The number of phenols is 1. The average Bonchev–Trinajstić information content (AvgIpc) is 3.24. The van der Waals surface area contributed by atoms with E-state index in [-0.39, 0.29) is 19.0 Å². The quantitative estimate of drug-likeness (QED) is 0.194. The van der Waals surface area contributed by atoms with Crippen molar-refractivity contribution in [3.8, 4) is 22.9 Å². The number of carbonyl (C=O) groups excluding carboxylic acids is 1. The molecule has 0 fully saturated rings. The zero-order chi connectivity index (χ0) is 24.3. The van der Waals surface area contributed by atoms with Crippen molar-refractivity contribution in [3.05, 3.63) is 48.6 Å². The van der Waals surface area contributed by atoms with Gasteiger partial charge in [-0.25, -0.2) is 4.79 Å². The van der Waals surface area contributed by atoms with Gasteiger partial charge in [0.15, 0.2) is 0 Å². The molecule has 1 N–H and O–H groups in total. The number of benzene rings is 2. The Balaban J connectivity index is 1.55. The van der Waals surface area contributed by atoms with Crippen molar-refractivity contribution < 1.29 is 24.1 Å². The highest BCUT2D eigenvalue weighted by Crippen LogP contribution is 2.27. The molecule has 3 rings (SSSR count). The first-order valence-corrected chi connectivity index (χ1v) is 11.8. The monoisotopic (exact) mass is 467 g/mol. The number of unbranched alkanes of at least 4 members (excludes halogenated alkanes) is 5. The number of rotatable bonds is 14. The van der Waals surface area contributed by atoms with Crippen LogP contribution in [-0.2, 0) is 9.53 Å². The van der Waals surface area contributed by atoms with Crippen molar-refractivity contribution in [2.24, 2.45) is 0 Å². The third-order valence-corrected chi connectivity index (χ3v) is 5.21. The van der Waals surface area contributed by atoms with Crippen LogP contribution in [0.1, 0.15) is 52.4 Å². The third-order valence-electron chi connectivity index (χ3n) is 5.21. The summed E-state index contributed by atoms with van der Waals surface area (Å²) in [6.07, 6.45) is 7.18. The fourth-order valence-corrected chi connectivity index (χ4v) is 3.34. The average molecular weight is 468 g/mol. The Bertz CT molecular complexity index is 1110. The summed E-state index contributed by atoms with van der Waals surface area (Å²) in [6.45, 7) is 8.30. The van der Waals surface area contributed by atoms with Gasteiger partial charge in [0.25, 0.3) is 0 Å². The minimum absolute atomic E-state index is 0.0385. The van der Waals surface area contributed by atoms with E-state index in [4.69, 9.17) is 14.2 Å². The summed E-state index contributed by atoms with van der Waals surface area (Å²) in [5.41, 5.74) is 2.07. The number of hydrogen-bond donors (Lipinski definition) is 1. The van der Waals surface area contributed by atoms with Crippen molar-refractivity contribution in [2.75, 3.05) is 19.8 Å². The third kappa shape index (κ3) is 7.23. The number of fused-ring (bicyclic) bond motifs is 1. The maximum Gasteiger partial charge on any atom is 0.333 e. The van der Waals surface area contributed by atoms with E-state index in [9.17, 15) is 9.90 Å². The number of carbonyl (C=O) groups is 1. The summed E-state index contributed by atoms with van der Waals surface area (Å²) >= 11 is 0. The Labute approximate surface area is 200 Å². The highest BCUT2D eigenvalue weighted by Gasteiger charge is 2.11. The van der Waals surface area contributed by atoms with Gasteiger partial charge in [-0.2, -0.15) is 0 Å². The molecule has 0 atom stereocenters. The lowest BCUT2D eigenvalue weighted by molar-refractivity contribution is -0.139. The van der Waals surface area contributed by atoms with Crippen molar-refractivity contribution in [2.45, 2.75) is 52.4 Å². The van der Waals surface area contributed by atoms with Crippen LogP contribution >= 0.6 is 0 Å². The fraction of sp³-hybridized carbons (Fsp3) is 0.423. The van der Waals surface area contributed by atoms with Gasteiger partial charge in [-0.05, 0) is 37.6 Å². The standard InChI is InChI=1S/C26H33N3O5/c1-4-5-6-7-8-9-14-32-21-11-13-24(25(30)18-21)29-27-22-12-10-20(17-23(22)28-29)33-15-16-34-26(31)19(2)3/h10-13,17-18,30H,2,4-9,14-16H2,1,3H3. The van der Waals surface area contributed by atoms with Crippen LogP contribution in [0, 0.1) is 0 Å². The van der Waals surface area contributed by atoms with Crippen molar-refractivity contribution >= 4 is 17.0 Å². The van der Waals surface area contributed by atoms with Gasteiger partial charge in [0.05, 0.1) is 6.61 Å². The van der Waals surface area contributed by atoms with Crippen LogP contribution < -0.4 is 9.47 Å². The van der Waals surface area contributed by atoms with Gasteiger partial charge in [0.1, 0.15) is 47.2 Å². The Hall–Kier alpha value is -3.55. The van der Waals surface area contributed by atoms with Crippen LogP contribution in [0.25, 0.3) is 16.7 Å². The van der Waals surface area contributed by atoms with Gasteiger partial charge in [0.2, 0.25) is 0 Å². The summed E-state index contributed by atoms with van der Waals surface area (Å²) in [5.74, 6) is 0.792. The molecule has 1 aromatic heterocycles. The van der Waals surface area contributed by atoms with E-state index in [0.29, 0.717) is 40.4 Å². The van der Waals surface area contributed by atoms with E-state index in [0.717, 1.165) is 12.8 Å². The number of phenolic OH excluding ortho intramolecular Hbond substituents is 1. The van der Waals surface area contributed by atoms with E-state index in [2.05, 4.69) is 23.7 Å². The van der Waals surface area contributed by atoms with Crippen LogP contribution in [0.5, 0.6) is 17.2 Å². The molecule has 34 heavy (non-hydrogen) atoms. The van der Waals surface area contributed by atoms with Crippen LogP contribution in [0.15, 0.2) is 48.6 Å². The predicted octanol–water partition coefficient (Wildman–Crippen LogP) is 5.36. The van der Waals surface area contributed by atoms with E-state index in [1.165, 1.54) is 30.5 Å². The van der Waals surface area contributed by atoms with Gasteiger partial charge in [-0.1, -0.05) is 45.6 Å². The van der Waals surface area contributed by atoms with E-state index >= 15 is 0 Å². The zero-order valence-corrected chi connectivity index (χ0v) is 20.0. The normalized spacial score (nSPS) is 10.9. The molecule has 0 aliphatic carbocycles.